The highest BCUT2D eigenvalue weighted by atomic mass is 16.2. The van der Waals surface area contributed by atoms with Crippen LogP contribution in [-0.4, -0.2) is 60.7 Å². The van der Waals surface area contributed by atoms with Gasteiger partial charge in [-0.2, -0.15) is 5.26 Å². The normalized spacial score (nSPS) is 27.9. The van der Waals surface area contributed by atoms with Gasteiger partial charge in [-0.25, -0.2) is 9.28 Å². The third-order valence-corrected chi connectivity index (χ3v) is 6.45. The zero-order valence-corrected chi connectivity index (χ0v) is 15.9. The van der Waals surface area contributed by atoms with Crippen molar-refractivity contribution in [3.8, 4) is 6.07 Å². The molecule has 3 atom stereocenters. The molecule has 0 bridgehead atoms. The summed E-state index contributed by atoms with van der Waals surface area (Å²) in [6.45, 7) is 9.33. The Kier molecular flexibility index (Phi) is 5.49. The second kappa shape index (κ2) is 7.65. The van der Waals surface area contributed by atoms with Crippen molar-refractivity contribution in [1.82, 2.24) is 4.90 Å². The van der Waals surface area contributed by atoms with E-state index in [0.717, 1.165) is 45.6 Å². The van der Waals surface area contributed by atoms with E-state index in [2.05, 4.69) is 54.0 Å². The van der Waals surface area contributed by atoms with Crippen LogP contribution in [0.4, 0.5) is 10.5 Å². The Hall–Kier alpha value is -2.10. The molecule has 2 aliphatic rings. The van der Waals surface area contributed by atoms with Gasteiger partial charge in [-0.05, 0) is 26.0 Å². The molecule has 0 spiro atoms. The van der Waals surface area contributed by atoms with E-state index in [1.807, 2.05) is 0 Å². The number of hydrogen-bond acceptors (Lipinski definition) is 4. The first-order chi connectivity index (χ1) is 12.5. The minimum absolute atomic E-state index is 0.0755. The fourth-order valence-corrected chi connectivity index (χ4v) is 4.69. The Morgan fingerprint density at radius 2 is 1.96 bits per heavy atom. The molecule has 26 heavy (non-hydrogen) atoms. The van der Waals surface area contributed by atoms with E-state index in [4.69, 9.17) is 11.0 Å². The number of primary amides is 1. The summed E-state index contributed by atoms with van der Waals surface area (Å²) in [5.74, 6) is 0. The van der Waals surface area contributed by atoms with Crippen molar-refractivity contribution < 1.29 is 9.28 Å². The number of piperazine rings is 1. The topological polar surface area (TPSA) is 73.4 Å². The summed E-state index contributed by atoms with van der Waals surface area (Å²) < 4.78 is 0.367. The summed E-state index contributed by atoms with van der Waals surface area (Å²) in [5.41, 5.74) is 8.22. The highest BCUT2D eigenvalue weighted by molar-refractivity contribution is 5.65. The number of urea groups is 1. The molecule has 2 fully saturated rings. The van der Waals surface area contributed by atoms with Gasteiger partial charge in [-0.3, -0.25) is 4.90 Å². The van der Waals surface area contributed by atoms with Crippen LogP contribution in [0.3, 0.4) is 0 Å². The Bertz CT molecular complexity index is 674. The zero-order valence-electron chi connectivity index (χ0n) is 15.9. The Balaban J connectivity index is 1.72. The van der Waals surface area contributed by atoms with Gasteiger partial charge in [0.1, 0.15) is 6.04 Å². The molecular formula is C20H30N5O+. The smallest absolute Gasteiger partial charge is 0.369 e. The number of hydrogen-bond donors (Lipinski definition) is 1. The van der Waals surface area contributed by atoms with Crippen molar-refractivity contribution in [2.45, 2.75) is 38.8 Å². The summed E-state index contributed by atoms with van der Waals surface area (Å²) in [4.78, 5) is 16.8. The number of benzene rings is 1. The van der Waals surface area contributed by atoms with Crippen LogP contribution >= 0.6 is 0 Å². The maximum absolute atomic E-state index is 12.3. The van der Waals surface area contributed by atoms with E-state index in [1.54, 1.807) is 0 Å². The molecule has 1 aromatic rings. The second-order valence-electron chi connectivity index (χ2n) is 7.67. The number of nitrogens with zero attached hydrogens (tertiary/aromatic N) is 4. The molecule has 0 saturated carbocycles. The Labute approximate surface area is 156 Å². The third-order valence-electron chi connectivity index (χ3n) is 6.45. The lowest BCUT2D eigenvalue weighted by Gasteiger charge is -2.40. The van der Waals surface area contributed by atoms with E-state index in [9.17, 15) is 4.79 Å². The van der Waals surface area contributed by atoms with Gasteiger partial charge in [0, 0.05) is 50.3 Å². The zero-order chi connectivity index (χ0) is 18.7. The maximum Gasteiger partial charge on any atom is 0.414 e. The molecule has 140 valence electrons. The number of amides is 2. The Morgan fingerprint density at radius 3 is 2.46 bits per heavy atom. The van der Waals surface area contributed by atoms with Crippen LogP contribution in [0.2, 0.25) is 0 Å². The van der Waals surface area contributed by atoms with Crippen LogP contribution < -0.4 is 10.6 Å². The van der Waals surface area contributed by atoms with Crippen LogP contribution in [0.5, 0.6) is 0 Å². The lowest BCUT2D eigenvalue weighted by molar-refractivity contribution is -0.888. The third kappa shape index (κ3) is 3.29. The molecule has 6 nitrogen and oxygen atoms in total. The fourth-order valence-electron chi connectivity index (χ4n) is 4.69. The van der Waals surface area contributed by atoms with Crippen LogP contribution in [0, 0.1) is 11.3 Å². The molecule has 0 aromatic heterocycles. The minimum Gasteiger partial charge on any atom is -0.369 e. The van der Waals surface area contributed by atoms with E-state index in [-0.39, 0.29) is 18.1 Å². The minimum atomic E-state index is -0.208. The van der Waals surface area contributed by atoms with Gasteiger partial charge >= 0.3 is 6.03 Å². The van der Waals surface area contributed by atoms with Gasteiger partial charge in [-0.15, -0.1) is 0 Å². The van der Waals surface area contributed by atoms with Crippen LogP contribution in [-0.2, 0) is 0 Å². The number of carbonyl (C=O) groups excluding carboxylic acids is 1. The molecule has 6 heteroatoms. The second-order valence-corrected chi connectivity index (χ2v) is 7.67. The molecule has 2 heterocycles. The molecule has 2 amide bonds. The predicted molar refractivity (Wildman–Crippen MR) is 103 cm³/mol. The lowest BCUT2D eigenvalue weighted by Crippen LogP contribution is -2.58. The Morgan fingerprint density at radius 1 is 1.31 bits per heavy atom. The van der Waals surface area contributed by atoms with E-state index in [0.29, 0.717) is 11.0 Å². The highest BCUT2D eigenvalue weighted by Crippen LogP contribution is 2.38. The predicted octanol–water partition coefficient (Wildman–Crippen LogP) is 2.47. The van der Waals surface area contributed by atoms with Crippen molar-refractivity contribution >= 4 is 11.7 Å². The van der Waals surface area contributed by atoms with Crippen molar-refractivity contribution in [1.29, 1.82) is 5.26 Å². The van der Waals surface area contributed by atoms with Crippen molar-refractivity contribution in [3.63, 3.8) is 0 Å². The van der Waals surface area contributed by atoms with E-state index in [1.165, 1.54) is 11.3 Å². The molecule has 2 saturated heterocycles. The first-order valence-electron chi connectivity index (χ1n) is 9.60. The van der Waals surface area contributed by atoms with Crippen molar-refractivity contribution in [2.75, 3.05) is 44.2 Å². The molecule has 0 aliphatic carbocycles. The number of likely N-dealkylation sites (tertiary alicyclic amines) is 1. The molecular weight excluding hydrogens is 326 g/mol. The van der Waals surface area contributed by atoms with Crippen LogP contribution in [0.15, 0.2) is 24.3 Å². The summed E-state index contributed by atoms with van der Waals surface area (Å²) in [5, 5.41) is 8.81. The van der Waals surface area contributed by atoms with Gasteiger partial charge in [0.25, 0.3) is 0 Å². The van der Waals surface area contributed by atoms with Crippen LogP contribution in [0.1, 0.15) is 38.3 Å². The van der Waals surface area contributed by atoms with E-state index >= 15 is 0 Å². The van der Waals surface area contributed by atoms with E-state index < -0.39 is 0 Å². The number of rotatable bonds is 4. The summed E-state index contributed by atoms with van der Waals surface area (Å²) >= 11 is 0. The number of carbonyl (C=O) groups is 1. The van der Waals surface area contributed by atoms with Gasteiger partial charge in [0.2, 0.25) is 0 Å². The summed E-state index contributed by atoms with van der Waals surface area (Å²) in [6, 6.07) is 11.0. The summed E-state index contributed by atoms with van der Waals surface area (Å²) in [6.07, 6.45) is 2.11. The molecule has 3 rings (SSSR count). The molecule has 2 aliphatic heterocycles. The van der Waals surface area contributed by atoms with Crippen LogP contribution in [0.25, 0.3) is 0 Å². The number of anilines is 1. The number of quaternary nitrogens is 1. The largest absolute Gasteiger partial charge is 0.414 e. The monoisotopic (exact) mass is 356 g/mol. The SMILES string of the molecule is C[C@@H]1CCC[N+]1(C(N)=O)[C@@H](C)c1ccc(N2CCN(CC#N)CC2)cc1. The standard InChI is InChI=1S/C20H29N5O/c1-16-4-3-15-25(16,20(22)26)17(2)18-5-7-19(8-6-18)24-13-11-23(10-9-21)12-14-24/h5-8,16-17H,3-4,10-15H2,1-2H3,(H-,22,26)/p+1/t16-,17+,25?/m1/s1. The van der Waals surface area contributed by atoms with Gasteiger partial charge < -0.3 is 10.6 Å². The fraction of sp³-hybridized carbons (Fsp3) is 0.600. The van der Waals surface area contributed by atoms with Gasteiger partial charge in [0.15, 0.2) is 0 Å². The van der Waals surface area contributed by atoms with Crippen molar-refractivity contribution in [3.05, 3.63) is 29.8 Å². The van der Waals surface area contributed by atoms with Gasteiger partial charge in [-0.1, -0.05) is 12.1 Å². The average molecular weight is 356 g/mol. The molecule has 0 radical (unpaired) electrons. The first-order valence-corrected chi connectivity index (χ1v) is 9.60. The number of nitrogens with two attached hydrogens (primary N) is 1. The maximum atomic E-state index is 12.3. The van der Waals surface area contributed by atoms with Crippen molar-refractivity contribution in [2.24, 2.45) is 5.73 Å². The molecule has 1 unspecified atom stereocenters. The molecule has 1 aromatic carbocycles. The highest BCUT2D eigenvalue weighted by Gasteiger charge is 2.49. The van der Waals surface area contributed by atoms with Gasteiger partial charge in [0.05, 0.1) is 25.2 Å². The average Bonchev–Trinajstić information content (AvgIpc) is 3.05. The lowest BCUT2D eigenvalue weighted by atomic mass is 10.0. The molecule has 2 N–H and O–H groups in total. The first kappa shape index (κ1) is 18.7. The summed E-state index contributed by atoms with van der Waals surface area (Å²) in [7, 11) is 0. The number of nitriles is 1. The quantitative estimate of drug-likeness (QED) is 0.664.